The monoisotopic (exact) mass is 528 g/mol. The van der Waals surface area contributed by atoms with E-state index in [4.69, 9.17) is 11.6 Å². The van der Waals surface area contributed by atoms with Crippen molar-refractivity contribution in [3.8, 4) is 11.4 Å². The molecule has 4 bridgehead atoms. The molecule has 8 rings (SSSR count). The van der Waals surface area contributed by atoms with Crippen LogP contribution in [0.2, 0.25) is 0 Å². The number of halogens is 3. The first-order chi connectivity index (χ1) is 18.7. The number of H-pyrrole nitrogens is 1. The third kappa shape index (κ3) is 4.15. The number of aromatic nitrogens is 2. The molecule has 3 aromatic rings. The second kappa shape index (κ2) is 8.57. The van der Waals surface area contributed by atoms with E-state index < -0.39 is 11.7 Å². The summed E-state index contributed by atoms with van der Waals surface area (Å²) in [7, 11) is 0. The van der Waals surface area contributed by atoms with Gasteiger partial charge in [0, 0.05) is 16.8 Å². The second-order valence-corrected chi connectivity index (χ2v) is 11.8. The predicted octanol–water partition coefficient (Wildman–Crippen LogP) is 7.05. The molecule has 198 valence electrons. The Morgan fingerprint density at radius 3 is 2.13 bits per heavy atom. The molecule has 2 aromatic carbocycles. The fraction of sp³-hybridized carbons (Fsp3) is 0.387. The minimum Gasteiger partial charge on any atom is -0.382 e. The first-order valence-corrected chi connectivity index (χ1v) is 13.5. The van der Waals surface area contributed by atoms with Gasteiger partial charge in [-0.15, -0.1) is 0 Å². The summed E-state index contributed by atoms with van der Waals surface area (Å²) in [6, 6.07) is 12.0. The minimum absolute atomic E-state index is 0.0142. The van der Waals surface area contributed by atoms with E-state index in [1.54, 1.807) is 12.1 Å². The number of allylic oxidation sites excluding steroid dienone is 1. The van der Waals surface area contributed by atoms with Gasteiger partial charge in [0.2, 0.25) is 0 Å². The minimum atomic E-state index is -4.44. The summed E-state index contributed by atoms with van der Waals surface area (Å²) in [6.07, 6.45) is 4.83. The van der Waals surface area contributed by atoms with E-state index >= 15 is 0 Å². The third-order valence-corrected chi connectivity index (χ3v) is 9.16. The van der Waals surface area contributed by atoms with Crippen molar-refractivity contribution in [1.29, 1.82) is 0 Å². The number of benzene rings is 2. The standard InChI is InChI=1S/C31H27F3N4O/c1-35-23-8-4-20(5-9-23)26-25(38-30-14-17-10-18(15-30)12-19(11-17)16-30)13-24-27(26)36-28(37-29(24)39)21-2-6-22(7-3-21)31(32,33)34/h2-9,13,17-19,26,38H,10-12,14-16H2,(H,36,37,39). The molecule has 1 unspecified atom stereocenters. The van der Waals surface area contributed by atoms with E-state index in [1.165, 1.54) is 31.4 Å². The van der Waals surface area contributed by atoms with Crippen molar-refractivity contribution in [2.24, 2.45) is 17.8 Å². The first kappa shape index (κ1) is 24.2. The van der Waals surface area contributed by atoms with Crippen LogP contribution < -0.4 is 10.9 Å². The van der Waals surface area contributed by atoms with Crippen LogP contribution in [0.25, 0.3) is 22.3 Å². The molecule has 0 amide bonds. The molecule has 0 saturated heterocycles. The quantitative estimate of drug-likeness (QED) is 0.357. The van der Waals surface area contributed by atoms with Gasteiger partial charge in [0.25, 0.3) is 5.56 Å². The van der Waals surface area contributed by atoms with Crippen LogP contribution in [0.3, 0.4) is 0 Å². The Bertz CT molecular complexity index is 1540. The summed E-state index contributed by atoms with van der Waals surface area (Å²) in [4.78, 5) is 24.5. The molecule has 8 heteroatoms. The number of aromatic amines is 1. The maximum Gasteiger partial charge on any atom is 0.416 e. The topological polar surface area (TPSA) is 62.1 Å². The van der Waals surface area contributed by atoms with Crippen LogP contribution in [-0.4, -0.2) is 15.5 Å². The lowest BCUT2D eigenvalue weighted by molar-refractivity contribution is -0.137. The van der Waals surface area contributed by atoms with Gasteiger partial charge in [0.15, 0.2) is 5.69 Å². The van der Waals surface area contributed by atoms with Crippen LogP contribution in [0.5, 0.6) is 0 Å². The van der Waals surface area contributed by atoms with Gasteiger partial charge in [-0.2, -0.15) is 13.2 Å². The molecule has 0 radical (unpaired) electrons. The lowest BCUT2D eigenvalue weighted by Gasteiger charge is -2.57. The second-order valence-electron chi connectivity index (χ2n) is 11.8. The summed E-state index contributed by atoms with van der Waals surface area (Å²) >= 11 is 0. The zero-order valence-electron chi connectivity index (χ0n) is 21.2. The number of nitrogens with one attached hydrogen (secondary N) is 2. The zero-order valence-corrected chi connectivity index (χ0v) is 21.2. The van der Waals surface area contributed by atoms with Gasteiger partial charge < -0.3 is 10.3 Å². The SMILES string of the molecule is [C-]#[N+]c1ccc(C2C(NC34CC5CC(CC(C5)C3)C4)=Cc3c2nc(-c2ccc(C(F)(F)F)cc2)[nH]c3=O)cc1. The Labute approximate surface area is 224 Å². The van der Waals surface area contributed by atoms with Crippen molar-refractivity contribution in [2.75, 3.05) is 0 Å². The first-order valence-electron chi connectivity index (χ1n) is 13.5. The summed E-state index contributed by atoms with van der Waals surface area (Å²) in [5, 5.41) is 3.94. The highest BCUT2D eigenvalue weighted by Crippen LogP contribution is 2.56. The molecule has 1 heterocycles. The van der Waals surface area contributed by atoms with E-state index in [0.717, 1.165) is 60.4 Å². The van der Waals surface area contributed by atoms with Gasteiger partial charge in [-0.1, -0.05) is 36.4 Å². The number of rotatable bonds is 4. The normalized spacial score (nSPS) is 28.6. The van der Waals surface area contributed by atoms with E-state index in [1.807, 2.05) is 18.2 Å². The van der Waals surface area contributed by atoms with E-state index in [2.05, 4.69) is 15.1 Å². The van der Waals surface area contributed by atoms with Gasteiger partial charge in [0.1, 0.15) is 5.82 Å². The van der Waals surface area contributed by atoms with E-state index in [9.17, 15) is 18.0 Å². The van der Waals surface area contributed by atoms with Crippen molar-refractivity contribution >= 4 is 11.8 Å². The Kier molecular flexibility index (Phi) is 5.32. The number of hydrogen-bond acceptors (Lipinski definition) is 3. The Hall–Kier alpha value is -3.86. The maximum atomic E-state index is 13.3. The van der Waals surface area contributed by atoms with Crippen LogP contribution in [0.1, 0.15) is 66.8 Å². The zero-order chi connectivity index (χ0) is 26.9. The number of hydrogen-bond donors (Lipinski definition) is 2. The fourth-order valence-electron chi connectivity index (χ4n) is 7.96. The number of alkyl halides is 3. The van der Waals surface area contributed by atoms with Crippen LogP contribution in [0.4, 0.5) is 18.9 Å². The molecule has 5 aliphatic rings. The van der Waals surface area contributed by atoms with Gasteiger partial charge in [-0.3, -0.25) is 4.79 Å². The average Bonchev–Trinajstić information content (AvgIpc) is 3.25. The van der Waals surface area contributed by atoms with Crippen molar-refractivity contribution in [1.82, 2.24) is 15.3 Å². The van der Waals surface area contributed by atoms with Crippen LogP contribution in [-0.2, 0) is 6.18 Å². The molecule has 5 nitrogen and oxygen atoms in total. The van der Waals surface area contributed by atoms with Gasteiger partial charge in [-0.25, -0.2) is 9.83 Å². The highest BCUT2D eigenvalue weighted by molar-refractivity contribution is 5.69. The molecule has 1 aromatic heterocycles. The summed E-state index contributed by atoms with van der Waals surface area (Å²) in [5.74, 6) is 2.15. The molecule has 4 saturated carbocycles. The van der Waals surface area contributed by atoms with E-state index in [-0.39, 0.29) is 22.8 Å². The molecule has 4 fully saturated rings. The molecular weight excluding hydrogens is 501 g/mol. The molecule has 0 spiro atoms. The van der Waals surface area contributed by atoms with Gasteiger partial charge >= 0.3 is 6.18 Å². The van der Waals surface area contributed by atoms with Crippen molar-refractivity contribution in [3.05, 3.63) is 98.4 Å². The highest BCUT2D eigenvalue weighted by Gasteiger charge is 2.52. The van der Waals surface area contributed by atoms with Gasteiger partial charge in [-0.05, 0) is 80.1 Å². The number of nitrogens with zero attached hydrogens (tertiary/aromatic N) is 2. The van der Waals surface area contributed by atoms with Crippen molar-refractivity contribution in [3.63, 3.8) is 0 Å². The Morgan fingerprint density at radius 1 is 0.949 bits per heavy atom. The maximum absolute atomic E-state index is 13.3. The smallest absolute Gasteiger partial charge is 0.382 e. The average molecular weight is 529 g/mol. The van der Waals surface area contributed by atoms with E-state index in [0.29, 0.717) is 22.5 Å². The molecule has 5 aliphatic carbocycles. The molecular formula is C31H27F3N4O. The third-order valence-electron chi connectivity index (χ3n) is 9.16. The summed E-state index contributed by atoms with van der Waals surface area (Å²) in [5.41, 5.74) is 2.78. The Morgan fingerprint density at radius 2 is 1.56 bits per heavy atom. The molecule has 0 aliphatic heterocycles. The van der Waals surface area contributed by atoms with Crippen molar-refractivity contribution < 1.29 is 13.2 Å². The molecule has 1 atom stereocenters. The lowest BCUT2D eigenvalue weighted by Crippen LogP contribution is -2.58. The van der Waals surface area contributed by atoms with Crippen molar-refractivity contribution in [2.45, 2.75) is 56.2 Å². The predicted molar refractivity (Wildman–Crippen MR) is 142 cm³/mol. The molecule has 2 N–H and O–H groups in total. The molecule has 39 heavy (non-hydrogen) atoms. The van der Waals surface area contributed by atoms with Crippen LogP contribution in [0, 0.1) is 24.3 Å². The largest absolute Gasteiger partial charge is 0.416 e. The summed E-state index contributed by atoms with van der Waals surface area (Å²) < 4.78 is 39.3. The van der Waals surface area contributed by atoms with Crippen LogP contribution in [0.15, 0.2) is 59.0 Å². The van der Waals surface area contributed by atoms with Gasteiger partial charge in [0.05, 0.1) is 29.3 Å². The summed E-state index contributed by atoms with van der Waals surface area (Å²) in [6.45, 7) is 7.33. The Balaban J connectivity index is 1.29. The highest BCUT2D eigenvalue weighted by atomic mass is 19.4. The fourth-order valence-corrected chi connectivity index (χ4v) is 7.96. The van der Waals surface area contributed by atoms with Crippen LogP contribution >= 0.6 is 0 Å². The lowest BCUT2D eigenvalue weighted by atomic mass is 9.53. The number of fused-ring (bicyclic) bond motifs is 1.